The number of rotatable bonds is 7. The van der Waals surface area contributed by atoms with Gasteiger partial charge in [0.1, 0.15) is 6.04 Å². The normalized spacial score (nSPS) is 11.9. The number of hydrogen-bond acceptors (Lipinski definition) is 3. The predicted octanol–water partition coefficient (Wildman–Crippen LogP) is 3.11. The number of aromatic amines is 1. The molecule has 1 heterocycles. The Bertz CT molecular complexity index is 904. The van der Waals surface area contributed by atoms with Crippen LogP contribution in [-0.2, 0) is 11.3 Å². The Morgan fingerprint density at radius 1 is 1.14 bits per heavy atom. The van der Waals surface area contributed by atoms with Crippen LogP contribution in [0.1, 0.15) is 47.4 Å². The maximum Gasteiger partial charge on any atom is 0.253 e. The molecule has 2 amide bonds. The number of hydrogen-bond donors (Lipinski definition) is 3. The van der Waals surface area contributed by atoms with Gasteiger partial charge >= 0.3 is 0 Å². The zero-order chi connectivity index (χ0) is 20.8. The molecule has 3 N–H and O–H groups in total. The molecule has 1 aromatic heterocycles. The van der Waals surface area contributed by atoms with Gasteiger partial charge in [-0.05, 0) is 62.1 Å². The van der Waals surface area contributed by atoms with E-state index in [4.69, 9.17) is 11.6 Å². The second-order valence-corrected chi connectivity index (χ2v) is 7.76. The quantitative estimate of drug-likeness (QED) is 0.663. The third kappa shape index (κ3) is 5.96. The number of pyridine rings is 1. The Labute approximate surface area is 169 Å². The number of aromatic nitrogens is 1. The second kappa shape index (κ2) is 9.55. The average Bonchev–Trinajstić information content (AvgIpc) is 2.60. The highest BCUT2D eigenvalue weighted by Gasteiger charge is 2.23. The maximum atomic E-state index is 12.7. The molecule has 0 bridgehead atoms. The summed E-state index contributed by atoms with van der Waals surface area (Å²) in [5.41, 5.74) is 2.30. The van der Waals surface area contributed by atoms with E-state index >= 15 is 0 Å². The van der Waals surface area contributed by atoms with Gasteiger partial charge in [-0.25, -0.2) is 0 Å². The Morgan fingerprint density at radius 3 is 2.36 bits per heavy atom. The summed E-state index contributed by atoms with van der Waals surface area (Å²) < 4.78 is 0. The summed E-state index contributed by atoms with van der Waals surface area (Å²) in [5.74, 6) is -0.469. The molecule has 0 aliphatic heterocycles. The van der Waals surface area contributed by atoms with Crippen molar-refractivity contribution in [1.82, 2.24) is 15.6 Å². The summed E-state index contributed by atoms with van der Waals surface area (Å²) in [4.78, 5) is 40.0. The van der Waals surface area contributed by atoms with Crippen molar-refractivity contribution in [2.45, 2.75) is 46.7 Å². The average molecular weight is 404 g/mol. The minimum atomic E-state index is -0.701. The van der Waals surface area contributed by atoms with E-state index in [1.54, 1.807) is 24.3 Å². The smallest absolute Gasteiger partial charge is 0.253 e. The Balaban J connectivity index is 2.09. The van der Waals surface area contributed by atoms with Crippen LogP contribution in [0.3, 0.4) is 0 Å². The van der Waals surface area contributed by atoms with Gasteiger partial charge in [0.05, 0.1) is 0 Å². The molecule has 150 valence electrons. The zero-order valence-corrected chi connectivity index (χ0v) is 17.3. The standard InChI is InChI=1S/C21H26ClN3O3/c1-12(2)9-18(25-19(26)15-5-7-16(22)8-6-15)21(28)23-11-17-13(3)10-14(4)24-20(17)27/h5-8,10,12,18H,9,11H2,1-4H3,(H,23,28)(H,24,27)(H,25,26)/t18-/m1/s1. The summed E-state index contributed by atoms with van der Waals surface area (Å²) in [6.45, 7) is 7.69. The molecule has 0 saturated carbocycles. The summed E-state index contributed by atoms with van der Waals surface area (Å²) >= 11 is 5.85. The van der Waals surface area contributed by atoms with E-state index in [0.29, 0.717) is 22.6 Å². The molecule has 7 heteroatoms. The lowest BCUT2D eigenvalue weighted by atomic mass is 10.0. The molecular weight excluding hydrogens is 378 g/mol. The predicted molar refractivity (Wildman–Crippen MR) is 111 cm³/mol. The van der Waals surface area contributed by atoms with Crippen molar-refractivity contribution in [2.75, 3.05) is 0 Å². The van der Waals surface area contributed by atoms with Crippen molar-refractivity contribution in [1.29, 1.82) is 0 Å². The van der Waals surface area contributed by atoms with Crippen molar-refractivity contribution >= 4 is 23.4 Å². The number of amides is 2. The third-order valence-corrected chi connectivity index (χ3v) is 4.62. The highest BCUT2D eigenvalue weighted by Crippen LogP contribution is 2.11. The van der Waals surface area contributed by atoms with E-state index in [1.165, 1.54) is 0 Å². The van der Waals surface area contributed by atoms with Crippen LogP contribution >= 0.6 is 11.6 Å². The van der Waals surface area contributed by atoms with Crippen LogP contribution < -0.4 is 16.2 Å². The van der Waals surface area contributed by atoms with Crippen LogP contribution in [0, 0.1) is 19.8 Å². The fourth-order valence-electron chi connectivity index (χ4n) is 2.95. The van der Waals surface area contributed by atoms with Gasteiger partial charge in [0.25, 0.3) is 11.5 Å². The molecule has 2 aromatic rings. The van der Waals surface area contributed by atoms with Gasteiger partial charge < -0.3 is 15.6 Å². The molecule has 0 fully saturated rings. The molecule has 0 radical (unpaired) electrons. The first kappa shape index (κ1) is 21.7. The van der Waals surface area contributed by atoms with Gasteiger partial charge in [0.15, 0.2) is 0 Å². The number of halogens is 1. The minimum Gasteiger partial charge on any atom is -0.350 e. The number of nitrogens with one attached hydrogen (secondary N) is 3. The third-order valence-electron chi connectivity index (χ3n) is 4.37. The minimum absolute atomic E-state index is 0.103. The van der Waals surface area contributed by atoms with Gasteiger partial charge in [0.2, 0.25) is 5.91 Å². The molecule has 0 saturated heterocycles. The van der Waals surface area contributed by atoms with Crippen LogP contribution in [-0.4, -0.2) is 22.8 Å². The fraction of sp³-hybridized carbons (Fsp3) is 0.381. The number of carbonyl (C=O) groups is 2. The first-order valence-corrected chi connectivity index (χ1v) is 9.58. The van der Waals surface area contributed by atoms with Crippen molar-refractivity contribution < 1.29 is 9.59 Å². The van der Waals surface area contributed by atoms with Gasteiger partial charge in [-0.1, -0.05) is 25.4 Å². The first-order chi connectivity index (χ1) is 13.2. The maximum absolute atomic E-state index is 12.7. The topological polar surface area (TPSA) is 91.1 Å². The number of aryl methyl sites for hydroxylation is 2. The van der Waals surface area contributed by atoms with Crippen molar-refractivity contribution in [3.63, 3.8) is 0 Å². The number of H-pyrrole nitrogens is 1. The van der Waals surface area contributed by atoms with Crippen molar-refractivity contribution in [3.05, 3.63) is 68.1 Å². The van der Waals surface area contributed by atoms with Crippen LogP contribution in [0.2, 0.25) is 5.02 Å². The molecule has 0 aliphatic carbocycles. The largest absolute Gasteiger partial charge is 0.350 e. The second-order valence-electron chi connectivity index (χ2n) is 7.32. The Morgan fingerprint density at radius 2 is 1.79 bits per heavy atom. The molecule has 0 spiro atoms. The fourth-order valence-corrected chi connectivity index (χ4v) is 3.07. The highest BCUT2D eigenvalue weighted by atomic mass is 35.5. The van der Waals surface area contributed by atoms with Crippen LogP contribution in [0.15, 0.2) is 35.1 Å². The molecule has 28 heavy (non-hydrogen) atoms. The van der Waals surface area contributed by atoms with E-state index in [1.807, 2.05) is 33.8 Å². The Kier molecular flexibility index (Phi) is 7.40. The molecule has 0 unspecified atom stereocenters. The van der Waals surface area contributed by atoms with Gasteiger partial charge in [0, 0.05) is 28.4 Å². The number of benzene rings is 1. The summed E-state index contributed by atoms with van der Waals surface area (Å²) in [7, 11) is 0. The Hall–Kier alpha value is -2.60. The summed E-state index contributed by atoms with van der Waals surface area (Å²) in [5, 5.41) is 6.09. The van der Waals surface area contributed by atoms with Gasteiger partial charge in [-0.2, -0.15) is 0 Å². The number of carbonyl (C=O) groups excluding carboxylic acids is 2. The van der Waals surface area contributed by atoms with E-state index in [0.717, 1.165) is 11.3 Å². The summed E-state index contributed by atoms with van der Waals surface area (Å²) in [6.07, 6.45) is 0.481. The molecule has 6 nitrogen and oxygen atoms in total. The molecule has 2 rings (SSSR count). The zero-order valence-electron chi connectivity index (χ0n) is 16.6. The van der Waals surface area contributed by atoms with Gasteiger partial charge in [-0.3, -0.25) is 14.4 Å². The van der Waals surface area contributed by atoms with Gasteiger partial charge in [-0.15, -0.1) is 0 Å². The van der Waals surface area contributed by atoms with Crippen LogP contribution in [0.4, 0.5) is 0 Å². The highest BCUT2D eigenvalue weighted by molar-refractivity contribution is 6.30. The van der Waals surface area contributed by atoms with Crippen molar-refractivity contribution in [3.8, 4) is 0 Å². The first-order valence-electron chi connectivity index (χ1n) is 9.21. The van der Waals surface area contributed by atoms with E-state index in [-0.39, 0.29) is 29.8 Å². The van der Waals surface area contributed by atoms with E-state index in [9.17, 15) is 14.4 Å². The lowest BCUT2D eigenvalue weighted by molar-refractivity contribution is -0.123. The molecular formula is C21H26ClN3O3. The summed E-state index contributed by atoms with van der Waals surface area (Å²) in [6, 6.07) is 7.62. The molecule has 1 atom stereocenters. The lowest BCUT2D eigenvalue weighted by Crippen LogP contribution is -2.47. The molecule has 1 aromatic carbocycles. The van der Waals surface area contributed by atoms with E-state index < -0.39 is 6.04 Å². The van der Waals surface area contributed by atoms with Crippen molar-refractivity contribution in [2.24, 2.45) is 5.92 Å². The SMILES string of the molecule is Cc1cc(C)c(CNC(=O)[C@@H](CC(C)C)NC(=O)c2ccc(Cl)cc2)c(=O)[nH]1. The monoisotopic (exact) mass is 403 g/mol. The van der Waals surface area contributed by atoms with Crippen LogP contribution in [0.5, 0.6) is 0 Å². The van der Waals surface area contributed by atoms with Crippen LogP contribution in [0.25, 0.3) is 0 Å². The van der Waals surface area contributed by atoms with E-state index in [2.05, 4.69) is 15.6 Å². The molecule has 0 aliphatic rings. The lowest BCUT2D eigenvalue weighted by Gasteiger charge is -2.20.